The quantitative estimate of drug-likeness (QED) is 0.176. The summed E-state index contributed by atoms with van der Waals surface area (Å²) in [6.07, 6.45) is 3.64. The summed E-state index contributed by atoms with van der Waals surface area (Å²) in [5.41, 5.74) is 13.2. The minimum absolute atomic E-state index is 0.680. The van der Waals surface area contributed by atoms with Gasteiger partial charge in [0.05, 0.1) is 11.4 Å². The maximum Gasteiger partial charge on any atom is 0.160 e. The molecule has 3 aromatic heterocycles. The van der Waals surface area contributed by atoms with Gasteiger partial charge in [-0.05, 0) is 98.8 Å². The van der Waals surface area contributed by atoms with Gasteiger partial charge in [-0.2, -0.15) is 0 Å². The summed E-state index contributed by atoms with van der Waals surface area (Å²) in [6, 6.07) is 61.6. The van der Waals surface area contributed by atoms with Crippen molar-refractivity contribution in [2.45, 2.75) is 0 Å². The fourth-order valence-electron chi connectivity index (χ4n) is 7.32. The zero-order chi connectivity index (χ0) is 35.1. The maximum atomic E-state index is 6.20. The topological polar surface area (TPSA) is 51.8 Å². The Morgan fingerprint density at radius 3 is 1.81 bits per heavy atom. The number of rotatable bonds is 6. The molecule has 0 radical (unpaired) electrons. The number of fused-ring (bicyclic) bond motifs is 4. The fourth-order valence-corrected chi connectivity index (χ4v) is 7.32. The van der Waals surface area contributed by atoms with Gasteiger partial charge in [-0.3, -0.25) is 4.98 Å². The number of pyridine rings is 1. The molecule has 0 N–H and O–H groups in total. The van der Waals surface area contributed by atoms with Gasteiger partial charge in [0, 0.05) is 39.9 Å². The largest absolute Gasteiger partial charge is 0.456 e. The minimum Gasteiger partial charge on any atom is -0.456 e. The molecule has 10 aromatic rings. The summed E-state index contributed by atoms with van der Waals surface area (Å²) in [6.45, 7) is 0. The fraction of sp³-hybridized carbons (Fsp3) is 0. The van der Waals surface area contributed by atoms with E-state index in [0.717, 1.165) is 77.8 Å². The molecule has 0 aliphatic heterocycles. The van der Waals surface area contributed by atoms with Crippen molar-refractivity contribution in [1.29, 1.82) is 0 Å². The van der Waals surface area contributed by atoms with E-state index in [1.807, 2.05) is 54.9 Å². The number of hydrogen-bond donors (Lipinski definition) is 0. The Morgan fingerprint density at radius 2 is 0.962 bits per heavy atom. The number of para-hydroxylation sites is 1. The predicted molar refractivity (Wildman–Crippen MR) is 217 cm³/mol. The molecule has 4 nitrogen and oxygen atoms in total. The molecule has 0 amide bonds. The average Bonchev–Trinajstić information content (AvgIpc) is 3.62. The second-order valence-electron chi connectivity index (χ2n) is 13.3. The van der Waals surface area contributed by atoms with E-state index in [4.69, 9.17) is 14.4 Å². The number of benzene rings is 7. The molecule has 0 spiro atoms. The molecule has 4 heteroatoms. The molecule has 0 fully saturated rings. The lowest BCUT2D eigenvalue weighted by atomic mass is 9.91. The Bertz CT molecular complexity index is 2930. The number of nitrogens with zero attached hydrogens (tertiary/aromatic N) is 3. The van der Waals surface area contributed by atoms with Gasteiger partial charge in [0.15, 0.2) is 5.82 Å². The third-order valence-electron chi connectivity index (χ3n) is 9.99. The summed E-state index contributed by atoms with van der Waals surface area (Å²) in [5.74, 6) is 0.680. The lowest BCUT2D eigenvalue weighted by Crippen LogP contribution is -1.96. The van der Waals surface area contributed by atoms with E-state index in [9.17, 15) is 0 Å². The van der Waals surface area contributed by atoms with Gasteiger partial charge < -0.3 is 4.42 Å². The molecule has 3 heterocycles. The van der Waals surface area contributed by atoms with Crippen molar-refractivity contribution in [3.63, 3.8) is 0 Å². The first-order valence-electron chi connectivity index (χ1n) is 17.7. The molecule has 0 unspecified atom stereocenters. The van der Waals surface area contributed by atoms with Crippen LogP contribution in [-0.4, -0.2) is 15.0 Å². The molecular formula is C49H31N3O. The van der Waals surface area contributed by atoms with Crippen molar-refractivity contribution in [2.75, 3.05) is 0 Å². The van der Waals surface area contributed by atoms with Crippen LogP contribution >= 0.6 is 0 Å². The lowest BCUT2D eigenvalue weighted by molar-refractivity contribution is 0.669. The van der Waals surface area contributed by atoms with E-state index in [-0.39, 0.29) is 0 Å². The molecule has 0 aliphatic carbocycles. The number of aromatic nitrogens is 3. The molecule has 0 saturated heterocycles. The average molecular weight is 678 g/mol. The van der Waals surface area contributed by atoms with Gasteiger partial charge in [0.2, 0.25) is 0 Å². The summed E-state index contributed by atoms with van der Waals surface area (Å²) < 4.78 is 6.20. The summed E-state index contributed by atoms with van der Waals surface area (Å²) >= 11 is 0. The Balaban J connectivity index is 1.18. The van der Waals surface area contributed by atoms with E-state index in [0.29, 0.717) is 5.82 Å². The first kappa shape index (κ1) is 30.6. The van der Waals surface area contributed by atoms with Crippen LogP contribution in [0.1, 0.15) is 0 Å². The molecule has 0 saturated carbocycles. The molecule has 0 atom stereocenters. The Hall–Kier alpha value is -7.17. The molecule has 0 aliphatic rings. The zero-order valence-electron chi connectivity index (χ0n) is 28.6. The van der Waals surface area contributed by atoms with Crippen molar-refractivity contribution in [2.24, 2.45) is 0 Å². The van der Waals surface area contributed by atoms with Gasteiger partial charge in [-0.1, -0.05) is 121 Å². The van der Waals surface area contributed by atoms with Gasteiger partial charge in [0.25, 0.3) is 0 Å². The highest BCUT2D eigenvalue weighted by Gasteiger charge is 2.16. The highest BCUT2D eigenvalue weighted by atomic mass is 16.3. The highest BCUT2D eigenvalue weighted by molar-refractivity contribution is 6.06. The van der Waals surface area contributed by atoms with Gasteiger partial charge in [-0.15, -0.1) is 0 Å². The second-order valence-corrected chi connectivity index (χ2v) is 13.3. The van der Waals surface area contributed by atoms with Gasteiger partial charge >= 0.3 is 0 Å². The third kappa shape index (κ3) is 5.73. The third-order valence-corrected chi connectivity index (χ3v) is 9.99. The normalized spacial score (nSPS) is 11.4. The molecular weight excluding hydrogens is 647 g/mol. The first-order valence-corrected chi connectivity index (χ1v) is 17.7. The lowest BCUT2D eigenvalue weighted by Gasteiger charge is -2.14. The smallest absolute Gasteiger partial charge is 0.160 e. The van der Waals surface area contributed by atoms with Crippen molar-refractivity contribution >= 4 is 32.7 Å². The first-order chi connectivity index (χ1) is 26.2. The number of hydrogen-bond acceptors (Lipinski definition) is 4. The molecule has 10 rings (SSSR count). The predicted octanol–water partition coefficient (Wildman–Crippen LogP) is 12.9. The van der Waals surface area contributed by atoms with Crippen LogP contribution < -0.4 is 0 Å². The van der Waals surface area contributed by atoms with Crippen molar-refractivity contribution in [1.82, 2.24) is 15.0 Å². The van der Waals surface area contributed by atoms with Crippen LogP contribution in [0.4, 0.5) is 0 Å². The van der Waals surface area contributed by atoms with E-state index < -0.39 is 0 Å². The van der Waals surface area contributed by atoms with Gasteiger partial charge in [0.1, 0.15) is 11.2 Å². The van der Waals surface area contributed by atoms with Crippen LogP contribution in [0, 0.1) is 0 Å². The summed E-state index contributed by atoms with van der Waals surface area (Å²) in [7, 11) is 0. The summed E-state index contributed by atoms with van der Waals surface area (Å²) in [4.78, 5) is 14.6. The Morgan fingerprint density at radius 1 is 0.340 bits per heavy atom. The Labute approximate surface area is 306 Å². The molecule has 53 heavy (non-hydrogen) atoms. The second kappa shape index (κ2) is 12.9. The minimum atomic E-state index is 0.680. The maximum absolute atomic E-state index is 6.20. The molecule has 7 aromatic carbocycles. The van der Waals surface area contributed by atoms with Gasteiger partial charge in [-0.25, -0.2) is 9.97 Å². The monoisotopic (exact) mass is 677 g/mol. The Kier molecular flexibility index (Phi) is 7.43. The van der Waals surface area contributed by atoms with Crippen LogP contribution in [0.25, 0.3) is 100.0 Å². The standard InChI is InChI=1S/C49H31N3O/c1-2-10-36(11-3-1)49-51-45(35-19-17-32(18-20-35)33-23-25-50-26-24-33)31-46(52-49)40-28-38(27-39(29-40)42-15-8-12-34-9-4-5-13-41(34)42)37-21-22-48-44(30-37)43-14-6-7-16-47(43)53-48/h1-31H. The van der Waals surface area contributed by atoms with E-state index in [1.165, 1.54) is 16.3 Å². The van der Waals surface area contributed by atoms with Crippen molar-refractivity contribution < 1.29 is 4.42 Å². The van der Waals surface area contributed by atoms with Crippen LogP contribution in [0.15, 0.2) is 193 Å². The van der Waals surface area contributed by atoms with E-state index in [1.54, 1.807) is 0 Å². The van der Waals surface area contributed by atoms with Crippen LogP contribution in [0.2, 0.25) is 0 Å². The van der Waals surface area contributed by atoms with Crippen LogP contribution in [-0.2, 0) is 0 Å². The molecule has 0 bridgehead atoms. The zero-order valence-corrected chi connectivity index (χ0v) is 28.6. The summed E-state index contributed by atoms with van der Waals surface area (Å²) in [5, 5.41) is 4.62. The molecule has 248 valence electrons. The van der Waals surface area contributed by atoms with E-state index >= 15 is 0 Å². The van der Waals surface area contributed by atoms with E-state index in [2.05, 4.69) is 138 Å². The highest BCUT2D eigenvalue weighted by Crippen LogP contribution is 2.39. The SMILES string of the molecule is c1ccc(-c2nc(-c3ccc(-c4ccncc4)cc3)cc(-c3cc(-c4ccc5oc6ccccc6c5c4)cc(-c4cccc5ccccc45)c3)n2)cc1. The van der Waals surface area contributed by atoms with Crippen molar-refractivity contribution in [3.05, 3.63) is 188 Å². The van der Waals surface area contributed by atoms with Crippen molar-refractivity contribution in [3.8, 4) is 67.3 Å². The number of furan rings is 1. The van der Waals surface area contributed by atoms with Crippen LogP contribution in [0.5, 0.6) is 0 Å². The van der Waals surface area contributed by atoms with Crippen LogP contribution in [0.3, 0.4) is 0 Å².